The van der Waals surface area contributed by atoms with Gasteiger partial charge in [-0.3, -0.25) is 0 Å². The van der Waals surface area contributed by atoms with Crippen molar-refractivity contribution < 1.29 is 13.7 Å². The number of hydrogen-bond acceptors (Lipinski definition) is 3. The summed E-state index contributed by atoms with van der Waals surface area (Å²) in [6.45, 7) is 10.2. The predicted molar refractivity (Wildman–Crippen MR) is 93.1 cm³/mol. The molecule has 0 spiro atoms. The van der Waals surface area contributed by atoms with Crippen LogP contribution in [0.15, 0.2) is 12.1 Å². The van der Waals surface area contributed by atoms with Crippen LogP contribution in [0.4, 0.5) is 4.39 Å². The second-order valence-electron chi connectivity index (χ2n) is 8.10. The summed E-state index contributed by atoms with van der Waals surface area (Å²) in [5, 5.41) is 0. The van der Waals surface area contributed by atoms with E-state index in [2.05, 4.69) is 16.5 Å². The minimum atomic E-state index is -0.557. The first-order valence-corrected chi connectivity index (χ1v) is 8.75. The molecule has 128 valence electrons. The maximum absolute atomic E-state index is 14.7. The van der Waals surface area contributed by atoms with Gasteiger partial charge in [0.05, 0.1) is 16.7 Å². The van der Waals surface area contributed by atoms with Gasteiger partial charge in [-0.2, -0.15) is 0 Å². The van der Waals surface area contributed by atoms with Crippen LogP contribution in [0.1, 0.15) is 59.3 Å². The van der Waals surface area contributed by atoms with Gasteiger partial charge in [-0.05, 0) is 65.1 Å². The SMILES string of the molecule is C[C@@H]1CCCc2nc3c(F)cc(B4OC(C)(C)C(C)(C)O4)cc3n21. The maximum atomic E-state index is 14.7. The van der Waals surface area contributed by atoms with E-state index in [4.69, 9.17) is 9.31 Å². The first kappa shape index (κ1) is 16.1. The quantitative estimate of drug-likeness (QED) is 0.752. The third-order valence-corrected chi connectivity index (χ3v) is 5.83. The topological polar surface area (TPSA) is 36.3 Å². The summed E-state index contributed by atoms with van der Waals surface area (Å²) in [5.41, 5.74) is 1.15. The fraction of sp³-hybridized carbons (Fsp3) is 0.611. The van der Waals surface area contributed by atoms with Crippen LogP contribution in [0.2, 0.25) is 0 Å². The minimum absolute atomic E-state index is 0.300. The predicted octanol–water partition coefficient (Wildman–Crippen LogP) is 3.37. The second-order valence-corrected chi connectivity index (χ2v) is 8.10. The van der Waals surface area contributed by atoms with Gasteiger partial charge in [0.2, 0.25) is 0 Å². The van der Waals surface area contributed by atoms with Crippen LogP contribution in [0.25, 0.3) is 11.0 Å². The van der Waals surface area contributed by atoms with Crippen LogP contribution in [0.3, 0.4) is 0 Å². The number of fused-ring (bicyclic) bond motifs is 3. The van der Waals surface area contributed by atoms with Gasteiger partial charge in [0.15, 0.2) is 5.82 Å². The lowest BCUT2D eigenvalue weighted by Gasteiger charge is -2.32. The Bertz CT molecular complexity index is 799. The fourth-order valence-electron chi connectivity index (χ4n) is 3.69. The molecule has 0 amide bonds. The van der Waals surface area contributed by atoms with E-state index in [1.54, 1.807) is 0 Å². The number of halogens is 1. The van der Waals surface area contributed by atoms with Gasteiger partial charge in [0.25, 0.3) is 0 Å². The van der Waals surface area contributed by atoms with Crippen LogP contribution >= 0.6 is 0 Å². The molecule has 6 heteroatoms. The molecule has 1 aromatic carbocycles. The molecule has 0 bridgehead atoms. The molecular weight excluding hydrogens is 306 g/mol. The number of nitrogens with zero attached hydrogens (tertiary/aromatic N) is 2. The normalized spacial score (nSPS) is 25.2. The molecular formula is C18H24BFN2O2. The molecule has 3 heterocycles. The Morgan fingerprint density at radius 1 is 1.21 bits per heavy atom. The molecule has 1 aromatic heterocycles. The highest BCUT2D eigenvalue weighted by molar-refractivity contribution is 6.62. The fourth-order valence-corrected chi connectivity index (χ4v) is 3.69. The molecule has 24 heavy (non-hydrogen) atoms. The van der Waals surface area contributed by atoms with Gasteiger partial charge in [-0.25, -0.2) is 9.37 Å². The number of benzene rings is 1. The summed E-state index contributed by atoms with van der Waals surface area (Å²) < 4.78 is 29.1. The molecule has 0 saturated carbocycles. The van der Waals surface area contributed by atoms with Crippen molar-refractivity contribution in [1.29, 1.82) is 0 Å². The zero-order valence-corrected chi connectivity index (χ0v) is 15.0. The van der Waals surface area contributed by atoms with Crippen LogP contribution in [0.5, 0.6) is 0 Å². The van der Waals surface area contributed by atoms with Crippen LogP contribution in [-0.2, 0) is 15.7 Å². The van der Waals surface area contributed by atoms with Gasteiger partial charge >= 0.3 is 7.12 Å². The third kappa shape index (κ3) is 2.23. The Balaban J connectivity index is 1.83. The monoisotopic (exact) mass is 330 g/mol. The lowest BCUT2D eigenvalue weighted by molar-refractivity contribution is 0.00578. The number of rotatable bonds is 1. The highest BCUT2D eigenvalue weighted by Gasteiger charge is 2.52. The molecule has 1 atom stereocenters. The van der Waals surface area contributed by atoms with Crippen molar-refractivity contribution in [2.24, 2.45) is 0 Å². The number of aryl methyl sites for hydroxylation is 1. The zero-order chi connectivity index (χ0) is 17.3. The molecule has 1 fully saturated rings. The highest BCUT2D eigenvalue weighted by Crippen LogP contribution is 2.37. The molecule has 2 aliphatic heterocycles. The summed E-state index contributed by atoms with van der Waals surface area (Å²) >= 11 is 0. The number of aromatic nitrogens is 2. The van der Waals surface area contributed by atoms with E-state index in [0.29, 0.717) is 11.6 Å². The van der Waals surface area contributed by atoms with E-state index in [0.717, 1.165) is 36.1 Å². The van der Waals surface area contributed by atoms with E-state index in [1.807, 2.05) is 33.8 Å². The molecule has 0 unspecified atom stereocenters. The first-order chi connectivity index (χ1) is 11.2. The average molecular weight is 330 g/mol. The zero-order valence-electron chi connectivity index (χ0n) is 15.0. The van der Waals surface area contributed by atoms with Gasteiger partial charge < -0.3 is 13.9 Å². The number of imidazole rings is 1. The molecule has 2 aromatic rings. The van der Waals surface area contributed by atoms with Crippen molar-refractivity contribution in [1.82, 2.24) is 9.55 Å². The van der Waals surface area contributed by atoms with E-state index >= 15 is 0 Å². The summed E-state index contributed by atoms with van der Waals surface area (Å²) in [6.07, 6.45) is 3.11. The Labute approximate surface area is 142 Å². The van der Waals surface area contributed by atoms with Gasteiger partial charge in [0.1, 0.15) is 11.3 Å². The Hall–Kier alpha value is -1.40. The van der Waals surface area contributed by atoms with Crippen molar-refractivity contribution in [3.63, 3.8) is 0 Å². The molecule has 0 N–H and O–H groups in total. The van der Waals surface area contributed by atoms with Gasteiger partial charge in [0, 0.05) is 12.5 Å². The molecule has 4 rings (SSSR count). The summed E-state index contributed by atoms with van der Waals surface area (Å²) in [7, 11) is -0.557. The van der Waals surface area contributed by atoms with Crippen molar-refractivity contribution in [2.45, 2.75) is 71.1 Å². The van der Waals surface area contributed by atoms with E-state index < -0.39 is 18.3 Å². The Morgan fingerprint density at radius 3 is 2.54 bits per heavy atom. The van der Waals surface area contributed by atoms with Crippen LogP contribution < -0.4 is 5.46 Å². The molecule has 4 nitrogen and oxygen atoms in total. The Kier molecular flexibility index (Phi) is 3.39. The highest BCUT2D eigenvalue weighted by atomic mass is 19.1. The van der Waals surface area contributed by atoms with E-state index in [9.17, 15) is 4.39 Å². The van der Waals surface area contributed by atoms with Crippen molar-refractivity contribution >= 4 is 23.6 Å². The lowest BCUT2D eigenvalue weighted by atomic mass is 9.79. The summed E-state index contributed by atoms with van der Waals surface area (Å²) in [5.74, 6) is 0.681. The van der Waals surface area contributed by atoms with E-state index in [1.165, 1.54) is 6.07 Å². The molecule has 0 aliphatic carbocycles. The van der Waals surface area contributed by atoms with Crippen molar-refractivity contribution in [3.8, 4) is 0 Å². The Morgan fingerprint density at radius 2 is 1.88 bits per heavy atom. The van der Waals surface area contributed by atoms with E-state index in [-0.39, 0.29) is 5.82 Å². The van der Waals surface area contributed by atoms with Gasteiger partial charge in [-0.1, -0.05) is 0 Å². The van der Waals surface area contributed by atoms with Crippen LogP contribution in [0, 0.1) is 5.82 Å². The lowest BCUT2D eigenvalue weighted by Crippen LogP contribution is -2.41. The standard InChI is InChI=1S/C18H24BFN2O2/c1-11-7-6-8-15-21-16-13(20)9-12(10-14(16)22(11)15)19-23-17(2,3)18(4,5)24-19/h9-11H,6-8H2,1-5H3/t11-/m1/s1. The minimum Gasteiger partial charge on any atom is -0.399 e. The molecule has 0 radical (unpaired) electrons. The summed E-state index contributed by atoms with van der Waals surface area (Å²) in [4.78, 5) is 4.53. The number of hydrogen-bond donors (Lipinski definition) is 0. The van der Waals surface area contributed by atoms with Gasteiger partial charge in [-0.15, -0.1) is 0 Å². The second kappa shape index (κ2) is 5.05. The van der Waals surface area contributed by atoms with Crippen molar-refractivity contribution in [2.75, 3.05) is 0 Å². The smallest absolute Gasteiger partial charge is 0.399 e. The third-order valence-electron chi connectivity index (χ3n) is 5.83. The maximum Gasteiger partial charge on any atom is 0.495 e. The summed E-state index contributed by atoms with van der Waals surface area (Å²) in [6, 6.07) is 3.83. The average Bonchev–Trinajstić information content (AvgIpc) is 2.95. The van der Waals surface area contributed by atoms with Crippen molar-refractivity contribution in [3.05, 3.63) is 23.8 Å². The first-order valence-electron chi connectivity index (χ1n) is 8.75. The largest absolute Gasteiger partial charge is 0.495 e. The molecule has 2 aliphatic rings. The van der Waals surface area contributed by atoms with Crippen LogP contribution in [-0.4, -0.2) is 27.9 Å². The molecule has 1 saturated heterocycles.